The van der Waals surface area contributed by atoms with Crippen LogP contribution in [0.2, 0.25) is 0 Å². The van der Waals surface area contributed by atoms with Crippen molar-refractivity contribution >= 4 is 22.8 Å². The minimum atomic E-state index is -0.00329. The lowest BCUT2D eigenvalue weighted by Crippen LogP contribution is -2.37. The van der Waals surface area contributed by atoms with Gasteiger partial charge in [0.15, 0.2) is 12.3 Å². The first kappa shape index (κ1) is 16.9. The van der Waals surface area contributed by atoms with Crippen molar-refractivity contribution in [3.05, 3.63) is 66.8 Å². The van der Waals surface area contributed by atoms with E-state index in [4.69, 9.17) is 9.15 Å². The van der Waals surface area contributed by atoms with E-state index < -0.39 is 0 Å². The maximum Gasteiger partial charge on any atom is 0.287 e. The van der Waals surface area contributed by atoms with Crippen LogP contribution in [0.25, 0.3) is 11.5 Å². The minimum absolute atomic E-state index is 0. The van der Waals surface area contributed by atoms with E-state index in [1.54, 1.807) is 42.5 Å². The van der Waals surface area contributed by atoms with Crippen molar-refractivity contribution in [2.24, 2.45) is 0 Å². The summed E-state index contributed by atoms with van der Waals surface area (Å²) < 4.78 is 12.1. The van der Waals surface area contributed by atoms with Crippen molar-refractivity contribution in [1.82, 2.24) is 4.98 Å². The molecule has 5 nitrogen and oxygen atoms in total. The second-order valence-corrected chi connectivity index (χ2v) is 4.75. The number of carbonyl (C=O) groups excluding carboxylic acids is 1. The van der Waals surface area contributed by atoms with E-state index in [-0.39, 0.29) is 29.3 Å². The fraction of sp³-hybridized carbons (Fsp3) is 0.118. The highest BCUT2D eigenvalue weighted by atomic mass is 79.9. The SMILES string of the molecule is Br.COc1cccc(C(=O)C[n+]2ccc(-c3ccco3)nc2)c1. The lowest BCUT2D eigenvalue weighted by atomic mass is 10.1. The van der Waals surface area contributed by atoms with E-state index >= 15 is 0 Å². The van der Waals surface area contributed by atoms with Crippen molar-refractivity contribution < 1.29 is 18.5 Å². The molecule has 0 fully saturated rings. The molecule has 118 valence electrons. The normalized spacial score (nSPS) is 9.96. The van der Waals surface area contributed by atoms with Crippen LogP contribution in [-0.4, -0.2) is 17.9 Å². The van der Waals surface area contributed by atoms with Gasteiger partial charge >= 0.3 is 0 Å². The van der Waals surface area contributed by atoms with Gasteiger partial charge in [0.05, 0.1) is 19.6 Å². The smallest absolute Gasteiger partial charge is 0.287 e. The first-order valence-electron chi connectivity index (χ1n) is 6.82. The molecule has 0 spiro atoms. The third-order valence-electron chi connectivity index (χ3n) is 3.26. The fourth-order valence-corrected chi connectivity index (χ4v) is 2.10. The Morgan fingerprint density at radius 1 is 1.26 bits per heavy atom. The van der Waals surface area contributed by atoms with Crippen molar-refractivity contribution in [3.63, 3.8) is 0 Å². The summed E-state index contributed by atoms with van der Waals surface area (Å²) >= 11 is 0. The number of halogens is 1. The minimum Gasteiger partial charge on any atom is -0.497 e. The van der Waals surface area contributed by atoms with Crippen molar-refractivity contribution in [2.45, 2.75) is 6.54 Å². The van der Waals surface area contributed by atoms with Crippen molar-refractivity contribution in [1.29, 1.82) is 0 Å². The number of ketones is 1. The van der Waals surface area contributed by atoms with Crippen LogP contribution in [0.4, 0.5) is 0 Å². The number of benzene rings is 1. The van der Waals surface area contributed by atoms with Crippen LogP contribution in [0.5, 0.6) is 5.75 Å². The lowest BCUT2D eigenvalue weighted by Gasteiger charge is -2.03. The summed E-state index contributed by atoms with van der Waals surface area (Å²) in [4.78, 5) is 16.6. The highest BCUT2D eigenvalue weighted by Crippen LogP contribution is 2.15. The molecule has 0 aliphatic carbocycles. The zero-order valence-electron chi connectivity index (χ0n) is 12.5. The summed E-state index contributed by atoms with van der Waals surface area (Å²) in [5.74, 6) is 1.37. The van der Waals surface area contributed by atoms with E-state index in [9.17, 15) is 4.79 Å². The summed E-state index contributed by atoms with van der Waals surface area (Å²) in [6.07, 6.45) is 5.03. The number of rotatable bonds is 5. The molecule has 2 aromatic heterocycles. The summed E-state index contributed by atoms with van der Waals surface area (Å²) in [5.41, 5.74) is 1.34. The van der Waals surface area contributed by atoms with Crippen LogP contribution in [0, 0.1) is 0 Å². The van der Waals surface area contributed by atoms with E-state index in [1.807, 2.05) is 30.5 Å². The average molecular weight is 376 g/mol. The maximum absolute atomic E-state index is 12.3. The molecule has 0 saturated heterocycles. The summed E-state index contributed by atoms with van der Waals surface area (Å²) in [7, 11) is 1.58. The molecular weight excluding hydrogens is 360 g/mol. The summed E-state index contributed by atoms with van der Waals surface area (Å²) in [6.45, 7) is 0.221. The van der Waals surface area contributed by atoms with Gasteiger partial charge in [-0.05, 0) is 29.2 Å². The van der Waals surface area contributed by atoms with Gasteiger partial charge < -0.3 is 9.15 Å². The molecule has 0 saturated carbocycles. The molecule has 0 atom stereocenters. The summed E-state index contributed by atoms with van der Waals surface area (Å²) in [6, 6.07) is 12.6. The highest BCUT2D eigenvalue weighted by Gasteiger charge is 2.13. The molecule has 3 rings (SSSR count). The molecule has 0 unspecified atom stereocenters. The zero-order chi connectivity index (χ0) is 15.4. The van der Waals surface area contributed by atoms with E-state index in [1.165, 1.54) is 0 Å². The number of Topliss-reactive ketones (excluding diaryl/α,β-unsaturated/α-hetero) is 1. The van der Waals surface area contributed by atoms with Gasteiger partial charge in [-0.3, -0.25) is 4.79 Å². The number of nitrogens with zero attached hydrogens (tertiary/aromatic N) is 2. The molecule has 0 bridgehead atoms. The topological polar surface area (TPSA) is 56.2 Å². The number of methoxy groups -OCH3 is 1. The van der Waals surface area contributed by atoms with Crippen LogP contribution < -0.4 is 9.30 Å². The fourth-order valence-electron chi connectivity index (χ4n) is 2.10. The number of aromatic nitrogens is 2. The Labute approximate surface area is 144 Å². The van der Waals surface area contributed by atoms with Crippen LogP contribution in [0.15, 0.2) is 65.7 Å². The largest absolute Gasteiger partial charge is 0.497 e. The second kappa shape index (κ2) is 7.69. The first-order chi connectivity index (χ1) is 10.8. The lowest BCUT2D eigenvalue weighted by molar-refractivity contribution is -0.686. The molecule has 0 N–H and O–H groups in total. The standard InChI is InChI=1S/C17H15N2O3.BrH/c1-21-14-5-2-4-13(10-14)16(20)11-19-8-7-15(18-12-19)17-6-3-9-22-17;/h2-10,12H,11H2,1H3;1H/q+1;. The van der Waals surface area contributed by atoms with Crippen LogP contribution in [0.3, 0.4) is 0 Å². The highest BCUT2D eigenvalue weighted by molar-refractivity contribution is 8.93. The van der Waals surface area contributed by atoms with E-state index in [0.717, 1.165) is 5.69 Å². The number of hydrogen-bond acceptors (Lipinski definition) is 4. The monoisotopic (exact) mass is 375 g/mol. The van der Waals surface area contributed by atoms with Gasteiger partial charge in [-0.25, -0.2) is 4.57 Å². The van der Waals surface area contributed by atoms with Crippen molar-refractivity contribution in [3.8, 4) is 17.2 Å². The molecule has 0 aliphatic rings. The van der Waals surface area contributed by atoms with Gasteiger partial charge in [-0.15, -0.1) is 17.0 Å². The molecule has 0 amide bonds. The Bertz CT molecular complexity index is 771. The molecule has 0 radical (unpaired) electrons. The van der Waals surface area contributed by atoms with Crippen LogP contribution >= 0.6 is 17.0 Å². The average Bonchev–Trinajstić information content (AvgIpc) is 3.10. The summed E-state index contributed by atoms with van der Waals surface area (Å²) in [5, 5.41) is 0. The van der Waals surface area contributed by atoms with Gasteiger partial charge in [-0.2, -0.15) is 0 Å². The molecule has 1 aromatic carbocycles. The Hall–Kier alpha value is -2.47. The predicted octanol–water partition coefficient (Wildman–Crippen LogP) is 3.10. The maximum atomic E-state index is 12.3. The third kappa shape index (κ3) is 4.04. The molecule has 2 heterocycles. The number of hydrogen-bond donors (Lipinski definition) is 0. The Morgan fingerprint density at radius 2 is 2.13 bits per heavy atom. The second-order valence-electron chi connectivity index (χ2n) is 4.75. The van der Waals surface area contributed by atoms with Crippen LogP contribution in [0.1, 0.15) is 10.4 Å². The van der Waals surface area contributed by atoms with E-state index in [2.05, 4.69) is 4.98 Å². The van der Waals surface area contributed by atoms with Gasteiger partial charge in [0, 0.05) is 11.6 Å². The Morgan fingerprint density at radius 3 is 2.78 bits per heavy atom. The Kier molecular flexibility index (Phi) is 5.65. The number of furan rings is 1. The van der Waals surface area contributed by atoms with Crippen molar-refractivity contribution in [2.75, 3.05) is 7.11 Å². The predicted molar refractivity (Wildman–Crippen MR) is 89.8 cm³/mol. The van der Waals surface area contributed by atoms with E-state index in [0.29, 0.717) is 17.1 Å². The Balaban J connectivity index is 0.00000192. The van der Waals surface area contributed by atoms with Gasteiger partial charge in [0.25, 0.3) is 6.33 Å². The van der Waals surface area contributed by atoms with Gasteiger partial charge in [0.2, 0.25) is 11.5 Å². The molecule has 3 aromatic rings. The molecule has 23 heavy (non-hydrogen) atoms. The first-order valence-corrected chi connectivity index (χ1v) is 6.82. The van der Waals surface area contributed by atoms with Crippen LogP contribution in [-0.2, 0) is 6.54 Å². The molecule has 6 heteroatoms. The third-order valence-corrected chi connectivity index (χ3v) is 3.26. The van der Waals surface area contributed by atoms with Gasteiger partial charge in [-0.1, -0.05) is 12.1 Å². The number of ether oxygens (including phenoxy) is 1. The molecule has 0 aliphatic heterocycles. The molecular formula is C17H16BrN2O3+. The number of carbonyl (C=O) groups is 1. The quantitative estimate of drug-likeness (QED) is 0.507. The zero-order valence-corrected chi connectivity index (χ0v) is 14.2. The van der Waals surface area contributed by atoms with Gasteiger partial charge in [0.1, 0.15) is 5.75 Å².